The number of unbranched alkanes of at least 4 members (excludes halogenated alkanes) is 5. The molecule has 0 saturated carbocycles. The van der Waals surface area contributed by atoms with Gasteiger partial charge in [0.15, 0.2) is 0 Å². The van der Waals surface area contributed by atoms with Crippen molar-refractivity contribution in [3.8, 4) is 0 Å². The van der Waals surface area contributed by atoms with Crippen molar-refractivity contribution in [2.24, 2.45) is 5.41 Å². The molecular formula is C16H32BrNO. The van der Waals surface area contributed by atoms with Crippen LogP contribution >= 0.6 is 15.9 Å². The maximum Gasteiger partial charge on any atom is 0.220 e. The lowest BCUT2D eigenvalue weighted by atomic mass is 9.90. The Kier molecular flexibility index (Phi) is 10.7. The van der Waals surface area contributed by atoms with Gasteiger partial charge in [0.1, 0.15) is 0 Å². The maximum absolute atomic E-state index is 11.7. The molecule has 0 bridgehead atoms. The van der Waals surface area contributed by atoms with Gasteiger partial charge in [0.05, 0.1) is 0 Å². The van der Waals surface area contributed by atoms with Crippen LogP contribution < -0.4 is 5.32 Å². The van der Waals surface area contributed by atoms with Crippen molar-refractivity contribution in [3.05, 3.63) is 0 Å². The molecule has 2 nitrogen and oxygen atoms in total. The van der Waals surface area contributed by atoms with Gasteiger partial charge < -0.3 is 5.32 Å². The highest BCUT2D eigenvalue weighted by molar-refractivity contribution is 9.09. The number of nitrogens with one attached hydrogen (secondary N) is 1. The largest absolute Gasteiger partial charge is 0.355 e. The van der Waals surface area contributed by atoms with Crippen LogP contribution in [0.2, 0.25) is 0 Å². The first-order valence-electron chi connectivity index (χ1n) is 7.76. The van der Waals surface area contributed by atoms with Crippen LogP contribution in [0.15, 0.2) is 0 Å². The van der Waals surface area contributed by atoms with Crippen LogP contribution in [0.4, 0.5) is 0 Å². The summed E-state index contributed by atoms with van der Waals surface area (Å²) in [6.07, 6.45) is 9.16. The van der Waals surface area contributed by atoms with E-state index >= 15 is 0 Å². The summed E-state index contributed by atoms with van der Waals surface area (Å²) in [5.41, 5.74) is 0.304. The molecule has 1 unspecified atom stereocenters. The Hall–Kier alpha value is -0.0500. The fraction of sp³-hybridized carbons (Fsp3) is 0.938. The van der Waals surface area contributed by atoms with E-state index in [0.717, 1.165) is 19.4 Å². The molecule has 0 aliphatic carbocycles. The molecule has 0 aromatic carbocycles. The molecule has 0 aliphatic heterocycles. The average molecular weight is 334 g/mol. The Labute approximate surface area is 128 Å². The van der Waals surface area contributed by atoms with E-state index in [0.29, 0.717) is 16.7 Å². The molecule has 0 aliphatic rings. The van der Waals surface area contributed by atoms with Gasteiger partial charge in [0.2, 0.25) is 5.91 Å². The summed E-state index contributed by atoms with van der Waals surface area (Å²) in [7, 11) is 0. The summed E-state index contributed by atoms with van der Waals surface area (Å²) in [5.74, 6) is 0.203. The molecule has 0 heterocycles. The molecule has 0 spiro atoms. The van der Waals surface area contributed by atoms with Crippen molar-refractivity contribution in [1.29, 1.82) is 0 Å². The number of carbonyl (C=O) groups excluding carboxylic acids is 1. The van der Waals surface area contributed by atoms with Crippen molar-refractivity contribution in [1.82, 2.24) is 5.32 Å². The number of hydrogen-bond donors (Lipinski definition) is 1. The molecule has 0 radical (unpaired) electrons. The summed E-state index contributed by atoms with van der Waals surface area (Å²) in [4.78, 5) is 12.0. The number of hydrogen-bond acceptors (Lipinski definition) is 1. The second-order valence-electron chi connectivity index (χ2n) is 6.68. The maximum atomic E-state index is 11.7. The van der Waals surface area contributed by atoms with Crippen LogP contribution in [0.5, 0.6) is 0 Å². The second kappa shape index (κ2) is 10.7. The standard InChI is InChI=1S/C16H32BrNO/c1-5-6-7-8-9-10-11-15(19)18-13-14(17)12-16(2,3)4/h14H,5-13H2,1-4H3,(H,18,19). The van der Waals surface area contributed by atoms with Gasteiger partial charge in [-0.2, -0.15) is 0 Å². The normalized spacial score (nSPS) is 13.3. The number of rotatable bonds is 10. The van der Waals surface area contributed by atoms with E-state index < -0.39 is 0 Å². The zero-order valence-electron chi connectivity index (χ0n) is 13.2. The van der Waals surface area contributed by atoms with Gasteiger partial charge in [-0.3, -0.25) is 4.79 Å². The van der Waals surface area contributed by atoms with Crippen LogP contribution in [0.1, 0.15) is 79.1 Å². The third-order valence-electron chi connectivity index (χ3n) is 3.11. The SMILES string of the molecule is CCCCCCCCC(=O)NCC(Br)CC(C)(C)C. The van der Waals surface area contributed by atoms with Gasteiger partial charge in [0, 0.05) is 17.8 Å². The van der Waals surface area contributed by atoms with Gasteiger partial charge >= 0.3 is 0 Å². The highest BCUT2D eigenvalue weighted by Crippen LogP contribution is 2.24. The molecule has 1 amide bonds. The molecule has 1 N–H and O–H groups in total. The molecule has 0 aromatic heterocycles. The van der Waals surface area contributed by atoms with Crippen LogP contribution in [0.3, 0.4) is 0 Å². The van der Waals surface area contributed by atoms with Gasteiger partial charge in [-0.05, 0) is 18.3 Å². The van der Waals surface area contributed by atoms with E-state index in [1.54, 1.807) is 0 Å². The van der Waals surface area contributed by atoms with Gasteiger partial charge in [-0.25, -0.2) is 0 Å². The fourth-order valence-electron chi connectivity index (χ4n) is 2.12. The number of alkyl halides is 1. The van der Waals surface area contributed by atoms with Crippen molar-refractivity contribution in [3.63, 3.8) is 0 Å². The predicted octanol–water partition coefficient (Wildman–Crippen LogP) is 5.05. The number of halogens is 1. The Morgan fingerprint density at radius 3 is 2.26 bits per heavy atom. The predicted molar refractivity (Wildman–Crippen MR) is 87.8 cm³/mol. The zero-order chi connectivity index (χ0) is 14.7. The first-order chi connectivity index (χ1) is 8.85. The average Bonchev–Trinajstić information content (AvgIpc) is 2.29. The van der Waals surface area contributed by atoms with Gasteiger partial charge in [-0.1, -0.05) is 75.7 Å². The van der Waals surface area contributed by atoms with E-state index in [4.69, 9.17) is 0 Å². The Bertz CT molecular complexity index is 235. The van der Waals surface area contributed by atoms with E-state index in [1.807, 2.05) is 0 Å². The van der Waals surface area contributed by atoms with Crippen molar-refractivity contribution >= 4 is 21.8 Å². The van der Waals surface area contributed by atoms with Crippen LogP contribution in [0.25, 0.3) is 0 Å². The van der Waals surface area contributed by atoms with Crippen LogP contribution in [0, 0.1) is 5.41 Å². The molecule has 0 rings (SSSR count). The molecule has 1 atom stereocenters. The molecule has 114 valence electrons. The Morgan fingerprint density at radius 1 is 1.11 bits per heavy atom. The summed E-state index contributed by atoms with van der Waals surface area (Å²) in [6.45, 7) is 9.63. The van der Waals surface area contributed by atoms with Crippen molar-refractivity contribution in [2.75, 3.05) is 6.54 Å². The van der Waals surface area contributed by atoms with E-state index in [2.05, 4.69) is 48.9 Å². The minimum atomic E-state index is 0.203. The van der Waals surface area contributed by atoms with Crippen molar-refractivity contribution in [2.45, 2.75) is 83.9 Å². The van der Waals surface area contributed by atoms with Crippen LogP contribution in [-0.2, 0) is 4.79 Å². The second-order valence-corrected chi connectivity index (χ2v) is 7.98. The topological polar surface area (TPSA) is 29.1 Å². The molecule has 0 aromatic rings. The highest BCUT2D eigenvalue weighted by Gasteiger charge is 2.16. The minimum absolute atomic E-state index is 0.203. The van der Waals surface area contributed by atoms with E-state index in [1.165, 1.54) is 32.1 Å². The summed E-state index contributed by atoms with van der Waals surface area (Å²) in [6, 6.07) is 0. The molecular weight excluding hydrogens is 302 g/mol. The smallest absolute Gasteiger partial charge is 0.220 e. The third-order valence-corrected chi connectivity index (χ3v) is 3.76. The minimum Gasteiger partial charge on any atom is -0.355 e. The Balaban J connectivity index is 3.49. The van der Waals surface area contributed by atoms with Crippen LogP contribution in [-0.4, -0.2) is 17.3 Å². The first kappa shape index (κ1) is 18.9. The van der Waals surface area contributed by atoms with Gasteiger partial charge in [-0.15, -0.1) is 0 Å². The molecule has 19 heavy (non-hydrogen) atoms. The number of carbonyl (C=O) groups is 1. The zero-order valence-corrected chi connectivity index (χ0v) is 14.8. The monoisotopic (exact) mass is 333 g/mol. The lowest BCUT2D eigenvalue weighted by Crippen LogP contribution is -2.31. The van der Waals surface area contributed by atoms with Crippen molar-refractivity contribution < 1.29 is 4.79 Å². The van der Waals surface area contributed by atoms with E-state index in [-0.39, 0.29) is 5.91 Å². The molecule has 3 heteroatoms. The molecule has 0 fully saturated rings. The molecule has 0 saturated heterocycles. The fourth-order valence-corrected chi connectivity index (χ4v) is 3.25. The first-order valence-corrected chi connectivity index (χ1v) is 8.67. The third kappa shape index (κ3) is 14.2. The quantitative estimate of drug-likeness (QED) is 0.439. The summed E-state index contributed by atoms with van der Waals surface area (Å²) < 4.78 is 0. The lowest BCUT2D eigenvalue weighted by molar-refractivity contribution is -0.121. The highest BCUT2D eigenvalue weighted by atomic mass is 79.9. The van der Waals surface area contributed by atoms with E-state index in [9.17, 15) is 4.79 Å². The Morgan fingerprint density at radius 2 is 1.68 bits per heavy atom. The lowest BCUT2D eigenvalue weighted by Gasteiger charge is -2.22. The van der Waals surface area contributed by atoms with Gasteiger partial charge in [0.25, 0.3) is 0 Å². The number of amides is 1. The summed E-state index contributed by atoms with van der Waals surface area (Å²) in [5, 5.41) is 3.02. The summed E-state index contributed by atoms with van der Waals surface area (Å²) >= 11 is 3.64.